The molecule has 8 heteroatoms. The van der Waals surface area contributed by atoms with Gasteiger partial charge in [0.1, 0.15) is 0 Å². The van der Waals surface area contributed by atoms with Gasteiger partial charge in [-0.25, -0.2) is 8.42 Å². The van der Waals surface area contributed by atoms with Gasteiger partial charge in [0.05, 0.1) is 18.1 Å². The van der Waals surface area contributed by atoms with Crippen molar-refractivity contribution in [1.29, 1.82) is 0 Å². The molecule has 0 unspecified atom stereocenters. The summed E-state index contributed by atoms with van der Waals surface area (Å²) in [6, 6.07) is 9.36. The summed E-state index contributed by atoms with van der Waals surface area (Å²) in [4.78, 5) is 14.5. The molecule has 0 spiro atoms. The Balaban J connectivity index is 2.13. The van der Waals surface area contributed by atoms with Gasteiger partial charge >= 0.3 is 0 Å². The Kier molecular flexibility index (Phi) is 6.45. The van der Waals surface area contributed by atoms with E-state index in [0.29, 0.717) is 11.5 Å². The monoisotopic (exact) mass is 392 g/mol. The number of nitrogens with one attached hydrogen (secondary N) is 2. The van der Waals surface area contributed by atoms with Crippen LogP contribution in [-0.4, -0.2) is 27.5 Å². The van der Waals surface area contributed by atoms with Gasteiger partial charge in [0.2, 0.25) is 0 Å². The molecule has 0 aromatic heterocycles. The molecule has 0 radical (unpaired) electrons. The van der Waals surface area contributed by atoms with Gasteiger partial charge in [0, 0.05) is 5.56 Å². The van der Waals surface area contributed by atoms with Gasteiger partial charge in [-0.15, -0.1) is 4.83 Å². The van der Waals surface area contributed by atoms with Crippen molar-refractivity contribution in [2.75, 3.05) is 7.11 Å². The molecule has 2 aromatic carbocycles. The number of hydrazine groups is 1. The summed E-state index contributed by atoms with van der Waals surface area (Å²) in [6.45, 7) is 7.46. The Morgan fingerprint density at radius 3 is 2.30 bits per heavy atom. The van der Waals surface area contributed by atoms with E-state index in [-0.39, 0.29) is 16.6 Å². The summed E-state index contributed by atoms with van der Waals surface area (Å²) in [7, 11) is -2.42. The third-order valence-electron chi connectivity index (χ3n) is 3.88. The van der Waals surface area contributed by atoms with E-state index in [1.54, 1.807) is 18.2 Å². The van der Waals surface area contributed by atoms with Crippen LogP contribution in [0.2, 0.25) is 0 Å². The molecule has 1 amide bonds. The lowest BCUT2D eigenvalue weighted by Crippen LogP contribution is -2.41. The molecule has 0 aliphatic rings. The highest BCUT2D eigenvalue weighted by Gasteiger charge is 2.17. The first kappa shape index (κ1) is 20.7. The number of carbonyl (C=O) groups is 1. The number of aryl methyl sites for hydroxylation is 2. The third-order valence-corrected chi connectivity index (χ3v) is 5.12. The fraction of sp³-hybridized carbons (Fsp3) is 0.316. The van der Waals surface area contributed by atoms with E-state index in [1.807, 2.05) is 27.7 Å². The molecule has 27 heavy (non-hydrogen) atoms. The average molecular weight is 392 g/mol. The van der Waals surface area contributed by atoms with E-state index in [1.165, 1.54) is 25.3 Å². The fourth-order valence-corrected chi connectivity index (χ4v) is 3.21. The minimum absolute atomic E-state index is 0.0525. The minimum atomic E-state index is -3.88. The lowest BCUT2D eigenvalue weighted by atomic mass is 10.1. The first-order valence-electron chi connectivity index (χ1n) is 8.38. The summed E-state index contributed by atoms with van der Waals surface area (Å²) in [5.41, 5.74) is 4.26. The molecule has 0 saturated heterocycles. The maximum Gasteiger partial charge on any atom is 0.266 e. The van der Waals surface area contributed by atoms with Crippen LogP contribution < -0.4 is 19.7 Å². The quantitative estimate of drug-likeness (QED) is 0.707. The van der Waals surface area contributed by atoms with Crippen molar-refractivity contribution in [2.45, 2.75) is 38.7 Å². The van der Waals surface area contributed by atoms with Crippen molar-refractivity contribution in [3.05, 3.63) is 53.1 Å². The number of sulfonamides is 1. The summed E-state index contributed by atoms with van der Waals surface area (Å²) in [5.74, 6) is 0.268. The van der Waals surface area contributed by atoms with Crippen molar-refractivity contribution < 1.29 is 22.7 Å². The van der Waals surface area contributed by atoms with Crippen molar-refractivity contribution in [3.8, 4) is 11.5 Å². The number of benzene rings is 2. The number of hydrogen-bond donors (Lipinski definition) is 2. The smallest absolute Gasteiger partial charge is 0.266 e. The van der Waals surface area contributed by atoms with Gasteiger partial charge in [0.15, 0.2) is 11.5 Å². The molecule has 0 aliphatic heterocycles. The number of rotatable bonds is 7. The van der Waals surface area contributed by atoms with Gasteiger partial charge in [-0.1, -0.05) is 6.07 Å². The van der Waals surface area contributed by atoms with Crippen LogP contribution in [0.25, 0.3) is 0 Å². The zero-order valence-electron chi connectivity index (χ0n) is 16.0. The molecule has 0 bridgehead atoms. The highest BCUT2D eigenvalue weighted by Crippen LogP contribution is 2.28. The Morgan fingerprint density at radius 2 is 1.70 bits per heavy atom. The van der Waals surface area contributed by atoms with Crippen molar-refractivity contribution in [1.82, 2.24) is 10.3 Å². The average Bonchev–Trinajstić information content (AvgIpc) is 2.61. The van der Waals surface area contributed by atoms with Crippen LogP contribution in [0.3, 0.4) is 0 Å². The fourth-order valence-electron chi connectivity index (χ4n) is 2.29. The third kappa shape index (κ3) is 5.21. The predicted molar refractivity (Wildman–Crippen MR) is 102 cm³/mol. The second-order valence-electron chi connectivity index (χ2n) is 6.34. The molecule has 7 nitrogen and oxygen atoms in total. The van der Waals surface area contributed by atoms with Gasteiger partial charge < -0.3 is 9.47 Å². The largest absolute Gasteiger partial charge is 0.493 e. The second-order valence-corrected chi connectivity index (χ2v) is 8.02. The predicted octanol–water partition coefficient (Wildman–Crippen LogP) is 2.72. The maximum absolute atomic E-state index is 12.4. The van der Waals surface area contributed by atoms with Crippen LogP contribution in [0.1, 0.15) is 35.3 Å². The maximum atomic E-state index is 12.4. The van der Waals surface area contributed by atoms with Crippen molar-refractivity contribution >= 4 is 15.9 Å². The summed E-state index contributed by atoms with van der Waals surface area (Å²) in [6.07, 6.45) is -0.0525. The van der Waals surface area contributed by atoms with Crippen LogP contribution in [0, 0.1) is 13.8 Å². The van der Waals surface area contributed by atoms with Gasteiger partial charge in [-0.3, -0.25) is 10.2 Å². The van der Waals surface area contributed by atoms with Crippen molar-refractivity contribution in [3.63, 3.8) is 0 Å². The Bertz CT molecular complexity index is 939. The van der Waals surface area contributed by atoms with Crippen LogP contribution in [0.4, 0.5) is 0 Å². The van der Waals surface area contributed by atoms with Crippen LogP contribution in [-0.2, 0) is 10.0 Å². The molecule has 2 rings (SSSR count). The molecule has 146 valence electrons. The van der Waals surface area contributed by atoms with E-state index in [9.17, 15) is 13.2 Å². The van der Waals surface area contributed by atoms with E-state index in [4.69, 9.17) is 9.47 Å². The van der Waals surface area contributed by atoms with Crippen molar-refractivity contribution in [2.24, 2.45) is 0 Å². The standard InChI is InChI=1S/C19H24N2O5S/c1-12(2)26-17-9-7-15(11-18(17)25-5)19(22)20-21-27(23,24)16-8-6-13(3)14(4)10-16/h6-12,21H,1-5H3,(H,20,22). The summed E-state index contributed by atoms with van der Waals surface area (Å²) < 4.78 is 35.5. The number of methoxy groups -OCH3 is 1. The molecule has 2 N–H and O–H groups in total. The Hall–Kier alpha value is -2.58. The van der Waals surface area contributed by atoms with Crippen LogP contribution in [0.5, 0.6) is 11.5 Å². The number of amides is 1. The van der Waals surface area contributed by atoms with E-state index < -0.39 is 15.9 Å². The zero-order chi connectivity index (χ0) is 20.2. The van der Waals surface area contributed by atoms with E-state index in [2.05, 4.69) is 10.3 Å². The number of hydrogen-bond acceptors (Lipinski definition) is 5. The highest BCUT2D eigenvalue weighted by molar-refractivity contribution is 7.89. The Morgan fingerprint density at radius 1 is 1.00 bits per heavy atom. The Labute approximate surface area is 159 Å². The van der Waals surface area contributed by atoms with Gasteiger partial charge in [-0.05, 0) is 69.2 Å². The lowest BCUT2D eigenvalue weighted by molar-refractivity contribution is 0.0944. The summed E-state index contributed by atoms with van der Waals surface area (Å²) >= 11 is 0. The van der Waals surface area contributed by atoms with Gasteiger partial charge in [0.25, 0.3) is 15.9 Å². The molecule has 2 aromatic rings. The molecule has 0 atom stereocenters. The van der Waals surface area contributed by atoms with Crippen LogP contribution >= 0.6 is 0 Å². The number of carbonyl (C=O) groups excluding carboxylic acids is 1. The molecule has 0 fully saturated rings. The molecule has 0 heterocycles. The minimum Gasteiger partial charge on any atom is -0.493 e. The SMILES string of the molecule is COc1cc(C(=O)NNS(=O)(=O)c2ccc(C)c(C)c2)ccc1OC(C)C. The molecule has 0 saturated carbocycles. The first-order valence-corrected chi connectivity index (χ1v) is 9.86. The second kappa shape index (κ2) is 8.41. The topological polar surface area (TPSA) is 93.7 Å². The van der Waals surface area contributed by atoms with Crippen LogP contribution in [0.15, 0.2) is 41.3 Å². The first-order chi connectivity index (χ1) is 12.6. The molecular weight excluding hydrogens is 368 g/mol. The van der Waals surface area contributed by atoms with E-state index >= 15 is 0 Å². The van der Waals surface area contributed by atoms with E-state index in [0.717, 1.165) is 11.1 Å². The number of ether oxygens (including phenoxy) is 2. The zero-order valence-corrected chi connectivity index (χ0v) is 16.8. The van der Waals surface area contributed by atoms with Gasteiger partial charge in [-0.2, -0.15) is 0 Å². The normalized spacial score (nSPS) is 11.3. The highest BCUT2D eigenvalue weighted by atomic mass is 32.2. The summed E-state index contributed by atoms with van der Waals surface area (Å²) in [5, 5.41) is 0. The molecule has 0 aliphatic carbocycles. The lowest BCUT2D eigenvalue weighted by Gasteiger charge is -2.14. The molecular formula is C19H24N2O5S.